The quantitative estimate of drug-likeness (QED) is 0.383. The van der Waals surface area contributed by atoms with Gasteiger partial charge >= 0.3 is 0 Å². The first-order valence-electron chi connectivity index (χ1n) is 2.20. The number of hydrogen-bond donors (Lipinski definition) is 2. The summed E-state index contributed by atoms with van der Waals surface area (Å²) in [5.74, 6) is 5.00. The second kappa shape index (κ2) is 3.64. The summed E-state index contributed by atoms with van der Waals surface area (Å²) in [5, 5.41) is 1.67. The van der Waals surface area contributed by atoms with E-state index in [1.807, 2.05) is 6.92 Å². The molecular formula is C4H11N3. The van der Waals surface area contributed by atoms with Crippen molar-refractivity contribution in [2.75, 3.05) is 6.54 Å². The maximum Gasteiger partial charge on any atom is 0.0322 e. The fraction of sp³-hybridized carbons (Fsp3) is 0.500. The minimum absolute atomic E-state index is 0.833. The van der Waals surface area contributed by atoms with Crippen molar-refractivity contribution >= 4 is 0 Å². The predicted octanol–water partition coefficient (Wildman–Crippen LogP) is -0.170. The Labute approximate surface area is 43.7 Å². The van der Waals surface area contributed by atoms with E-state index in [0.29, 0.717) is 0 Å². The minimum Gasteiger partial charge on any atom is -0.303 e. The van der Waals surface area contributed by atoms with Crippen LogP contribution in [0.5, 0.6) is 0 Å². The Morgan fingerprint density at radius 1 is 2.00 bits per heavy atom. The molecule has 0 aromatic rings. The molecule has 0 aromatic carbocycles. The molecule has 3 nitrogen and oxygen atoms in total. The van der Waals surface area contributed by atoms with Crippen molar-refractivity contribution < 1.29 is 0 Å². The molecule has 0 unspecified atom stereocenters. The summed E-state index contributed by atoms with van der Waals surface area (Å²) >= 11 is 0. The van der Waals surface area contributed by atoms with E-state index in [2.05, 4.69) is 12.1 Å². The van der Waals surface area contributed by atoms with Gasteiger partial charge in [-0.05, 0) is 6.92 Å². The van der Waals surface area contributed by atoms with Gasteiger partial charge in [-0.25, -0.2) is 0 Å². The van der Waals surface area contributed by atoms with Gasteiger partial charge in [0.05, 0.1) is 0 Å². The number of nitrogens with two attached hydrogens (primary N) is 1. The molecule has 0 rings (SSSR count). The Hall–Kier alpha value is -0.540. The van der Waals surface area contributed by atoms with Gasteiger partial charge in [-0.1, -0.05) is 6.58 Å². The van der Waals surface area contributed by atoms with Crippen LogP contribution in [0, 0.1) is 0 Å². The van der Waals surface area contributed by atoms with E-state index in [1.165, 1.54) is 0 Å². The lowest BCUT2D eigenvalue weighted by Gasteiger charge is -2.13. The summed E-state index contributed by atoms with van der Waals surface area (Å²) in [4.78, 5) is 0. The van der Waals surface area contributed by atoms with E-state index in [1.54, 1.807) is 11.2 Å². The molecule has 0 atom stereocenters. The van der Waals surface area contributed by atoms with Crippen molar-refractivity contribution in [2.24, 2.45) is 5.84 Å². The largest absolute Gasteiger partial charge is 0.303 e. The maximum absolute atomic E-state index is 5.00. The van der Waals surface area contributed by atoms with Crippen LogP contribution in [0.1, 0.15) is 6.92 Å². The molecule has 0 aliphatic carbocycles. The van der Waals surface area contributed by atoms with Gasteiger partial charge in [-0.2, -0.15) is 5.53 Å². The van der Waals surface area contributed by atoms with Gasteiger partial charge in [0.25, 0.3) is 0 Å². The van der Waals surface area contributed by atoms with Crippen LogP contribution in [0.25, 0.3) is 0 Å². The van der Waals surface area contributed by atoms with Crippen LogP contribution >= 0.6 is 0 Å². The molecular weight excluding hydrogens is 90.1 g/mol. The average molecular weight is 101 g/mol. The van der Waals surface area contributed by atoms with Crippen LogP contribution in [-0.4, -0.2) is 11.6 Å². The Kier molecular flexibility index (Phi) is 3.36. The highest BCUT2D eigenvalue weighted by Gasteiger charge is 1.82. The van der Waals surface area contributed by atoms with Gasteiger partial charge < -0.3 is 5.01 Å². The molecule has 0 radical (unpaired) electrons. The van der Waals surface area contributed by atoms with Crippen LogP contribution in [0.3, 0.4) is 0 Å². The zero-order valence-corrected chi connectivity index (χ0v) is 4.52. The molecule has 0 fully saturated rings. The van der Waals surface area contributed by atoms with Gasteiger partial charge in [0.15, 0.2) is 0 Å². The third-order valence-electron chi connectivity index (χ3n) is 0.727. The number of hydrazine groups is 2. The Bertz CT molecular complexity index is 48.9. The van der Waals surface area contributed by atoms with Crippen molar-refractivity contribution in [3.8, 4) is 0 Å². The van der Waals surface area contributed by atoms with Crippen molar-refractivity contribution in [2.45, 2.75) is 6.92 Å². The summed E-state index contributed by atoms with van der Waals surface area (Å²) in [7, 11) is 0. The zero-order valence-electron chi connectivity index (χ0n) is 4.52. The topological polar surface area (TPSA) is 41.3 Å². The van der Waals surface area contributed by atoms with Crippen LogP contribution in [-0.2, 0) is 0 Å². The number of hydrogen-bond acceptors (Lipinski definition) is 3. The lowest BCUT2D eigenvalue weighted by atomic mass is 10.7. The molecule has 7 heavy (non-hydrogen) atoms. The second-order valence-electron chi connectivity index (χ2n) is 1.10. The molecule has 0 heterocycles. The molecule has 0 spiro atoms. The van der Waals surface area contributed by atoms with E-state index >= 15 is 0 Å². The minimum atomic E-state index is 0.833. The van der Waals surface area contributed by atoms with Gasteiger partial charge in [0.2, 0.25) is 0 Å². The zero-order chi connectivity index (χ0) is 5.70. The SMILES string of the molecule is C=CN(CC)NN. The lowest BCUT2D eigenvalue weighted by Crippen LogP contribution is -2.38. The fourth-order valence-corrected chi connectivity index (χ4v) is 0.273. The smallest absolute Gasteiger partial charge is 0.0322 e. The Morgan fingerprint density at radius 2 is 2.57 bits per heavy atom. The molecule has 0 saturated carbocycles. The molecule has 0 bridgehead atoms. The summed E-state index contributed by atoms with van der Waals surface area (Å²) in [5.41, 5.74) is 2.42. The molecule has 3 heteroatoms. The van der Waals surface area contributed by atoms with E-state index < -0.39 is 0 Å². The van der Waals surface area contributed by atoms with E-state index in [0.717, 1.165) is 6.54 Å². The normalized spacial score (nSPS) is 8.29. The van der Waals surface area contributed by atoms with Crippen LogP contribution in [0.4, 0.5) is 0 Å². The van der Waals surface area contributed by atoms with Gasteiger partial charge in [0.1, 0.15) is 0 Å². The lowest BCUT2D eigenvalue weighted by molar-refractivity contribution is 0.290. The first-order valence-corrected chi connectivity index (χ1v) is 2.20. The standard InChI is InChI=1S/C4H11N3/c1-3-7(4-2)6-5/h3,6H,1,4-5H2,2H3. The number of nitrogens with zero attached hydrogens (tertiary/aromatic N) is 1. The van der Waals surface area contributed by atoms with Crippen molar-refractivity contribution in [1.29, 1.82) is 0 Å². The fourth-order valence-electron chi connectivity index (χ4n) is 0.273. The first-order chi connectivity index (χ1) is 3.35. The summed E-state index contributed by atoms with van der Waals surface area (Å²) in [6.07, 6.45) is 1.62. The monoisotopic (exact) mass is 101 g/mol. The maximum atomic E-state index is 5.00. The van der Waals surface area contributed by atoms with Crippen molar-refractivity contribution in [1.82, 2.24) is 10.5 Å². The number of rotatable bonds is 3. The Balaban J connectivity index is 3.16. The molecule has 0 amide bonds. The molecule has 42 valence electrons. The molecule has 0 saturated heterocycles. The molecule has 0 aromatic heterocycles. The van der Waals surface area contributed by atoms with E-state index in [-0.39, 0.29) is 0 Å². The van der Waals surface area contributed by atoms with Crippen LogP contribution < -0.4 is 11.4 Å². The van der Waals surface area contributed by atoms with Crippen LogP contribution in [0.15, 0.2) is 12.8 Å². The molecule has 0 aliphatic heterocycles. The molecule has 3 N–H and O–H groups in total. The summed E-state index contributed by atoms with van der Waals surface area (Å²) in [6.45, 7) is 6.29. The van der Waals surface area contributed by atoms with Gasteiger partial charge in [0, 0.05) is 12.7 Å². The van der Waals surface area contributed by atoms with Gasteiger partial charge in [-0.3, -0.25) is 5.84 Å². The average Bonchev–Trinajstić information content (AvgIpc) is 1.72. The summed E-state index contributed by atoms with van der Waals surface area (Å²) < 4.78 is 0. The highest BCUT2D eigenvalue weighted by Crippen LogP contribution is 1.73. The van der Waals surface area contributed by atoms with Crippen LogP contribution in [0.2, 0.25) is 0 Å². The molecule has 0 aliphatic rings. The van der Waals surface area contributed by atoms with E-state index in [4.69, 9.17) is 5.84 Å². The first kappa shape index (κ1) is 6.46. The summed E-state index contributed by atoms with van der Waals surface area (Å²) in [6, 6.07) is 0. The highest BCUT2D eigenvalue weighted by molar-refractivity contribution is 4.61. The van der Waals surface area contributed by atoms with Crippen molar-refractivity contribution in [3.63, 3.8) is 0 Å². The van der Waals surface area contributed by atoms with Gasteiger partial charge in [-0.15, -0.1) is 0 Å². The van der Waals surface area contributed by atoms with Crippen molar-refractivity contribution in [3.05, 3.63) is 12.8 Å². The third-order valence-corrected chi connectivity index (χ3v) is 0.727. The predicted molar refractivity (Wildman–Crippen MR) is 29.9 cm³/mol. The van der Waals surface area contributed by atoms with E-state index in [9.17, 15) is 0 Å². The second-order valence-corrected chi connectivity index (χ2v) is 1.10. The number of nitrogens with one attached hydrogen (secondary N) is 1. The highest BCUT2D eigenvalue weighted by atomic mass is 15.6. The third kappa shape index (κ3) is 2.19. The Morgan fingerprint density at radius 3 is 2.57 bits per heavy atom.